The lowest BCUT2D eigenvalue weighted by Gasteiger charge is -2.21. The number of rotatable bonds is 11. The first kappa shape index (κ1) is 22.7. The zero-order valence-corrected chi connectivity index (χ0v) is 16.6. The monoisotopic (exact) mass is 393 g/mol. The number of alkyl halides is 3. The van der Waals surface area contributed by atoms with E-state index in [4.69, 9.17) is 0 Å². The van der Waals surface area contributed by atoms with Crippen molar-refractivity contribution >= 4 is 17.3 Å². The van der Waals surface area contributed by atoms with Gasteiger partial charge < -0.3 is 15.5 Å². The van der Waals surface area contributed by atoms with Crippen molar-refractivity contribution in [1.82, 2.24) is 20.5 Å². The second-order valence-corrected chi connectivity index (χ2v) is 6.88. The fourth-order valence-corrected chi connectivity index (χ4v) is 3.20. The molecule has 0 fully saturated rings. The Hall–Kier alpha value is -1.35. The third-order valence-corrected chi connectivity index (χ3v) is 4.42. The minimum atomic E-state index is -4.40. The summed E-state index contributed by atoms with van der Waals surface area (Å²) >= 11 is 0.979. The van der Waals surface area contributed by atoms with Crippen LogP contribution in [0.1, 0.15) is 50.7 Å². The summed E-state index contributed by atoms with van der Waals surface area (Å²) in [6.07, 6.45) is -1.12. The van der Waals surface area contributed by atoms with Crippen LogP contribution in [-0.2, 0) is 12.7 Å². The molecule has 0 aliphatic carbocycles. The van der Waals surface area contributed by atoms with E-state index in [1.54, 1.807) is 0 Å². The van der Waals surface area contributed by atoms with E-state index in [0.717, 1.165) is 62.2 Å². The highest BCUT2D eigenvalue weighted by Crippen LogP contribution is 2.30. The summed E-state index contributed by atoms with van der Waals surface area (Å²) in [5.74, 6) is 0.605. The zero-order chi connectivity index (χ0) is 19.4. The smallest absolute Gasteiger partial charge is 0.357 e. The number of aromatic nitrogens is 1. The van der Waals surface area contributed by atoms with Crippen molar-refractivity contribution in [2.24, 2.45) is 4.99 Å². The molecule has 0 aliphatic rings. The fourth-order valence-electron chi connectivity index (χ4n) is 2.48. The van der Waals surface area contributed by atoms with Gasteiger partial charge in [0, 0.05) is 18.5 Å². The highest BCUT2D eigenvalue weighted by atomic mass is 32.1. The first-order valence-corrected chi connectivity index (χ1v) is 10.0. The maximum Gasteiger partial charge on any atom is 0.434 e. The number of guanidine groups is 1. The highest BCUT2D eigenvalue weighted by Gasteiger charge is 2.33. The van der Waals surface area contributed by atoms with E-state index >= 15 is 0 Å². The van der Waals surface area contributed by atoms with Crippen LogP contribution in [0.15, 0.2) is 10.4 Å². The van der Waals surface area contributed by atoms with Crippen LogP contribution in [0.3, 0.4) is 0 Å². The number of nitrogens with one attached hydrogen (secondary N) is 2. The number of aliphatic imine (C=N–C) groups is 1. The lowest BCUT2D eigenvalue weighted by molar-refractivity contribution is -0.140. The van der Waals surface area contributed by atoms with Gasteiger partial charge in [0.15, 0.2) is 11.7 Å². The highest BCUT2D eigenvalue weighted by molar-refractivity contribution is 7.09. The molecule has 0 amide bonds. The average molecular weight is 394 g/mol. The van der Waals surface area contributed by atoms with Gasteiger partial charge in [-0.2, -0.15) is 13.2 Å². The van der Waals surface area contributed by atoms with Crippen molar-refractivity contribution in [2.75, 3.05) is 32.7 Å². The van der Waals surface area contributed by atoms with Crippen LogP contribution in [0.5, 0.6) is 0 Å². The molecule has 2 N–H and O–H groups in total. The molecule has 1 heterocycles. The quantitative estimate of drug-likeness (QED) is 0.342. The zero-order valence-electron chi connectivity index (χ0n) is 15.8. The summed E-state index contributed by atoms with van der Waals surface area (Å²) in [4.78, 5) is 10.4. The lowest BCUT2D eigenvalue weighted by atomic mass is 10.3. The maximum absolute atomic E-state index is 12.6. The summed E-state index contributed by atoms with van der Waals surface area (Å²) in [5.41, 5.74) is -0.849. The van der Waals surface area contributed by atoms with E-state index < -0.39 is 11.9 Å². The molecule has 26 heavy (non-hydrogen) atoms. The number of hydrogen-bond acceptors (Lipinski definition) is 4. The van der Waals surface area contributed by atoms with Crippen LogP contribution in [0.25, 0.3) is 0 Å². The Bertz CT molecular complexity index is 525. The van der Waals surface area contributed by atoms with Gasteiger partial charge in [-0.1, -0.05) is 13.8 Å². The second-order valence-electron chi connectivity index (χ2n) is 5.94. The normalized spacial score (nSPS) is 12.7. The maximum atomic E-state index is 12.6. The van der Waals surface area contributed by atoms with Crippen molar-refractivity contribution < 1.29 is 13.2 Å². The van der Waals surface area contributed by atoms with Gasteiger partial charge in [0.2, 0.25) is 0 Å². The molecule has 5 nitrogen and oxygen atoms in total. The van der Waals surface area contributed by atoms with Gasteiger partial charge in [0.05, 0.1) is 6.54 Å². The second kappa shape index (κ2) is 12.1. The lowest BCUT2D eigenvalue weighted by Crippen LogP contribution is -2.39. The molecule has 1 aromatic rings. The Kier molecular flexibility index (Phi) is 10.6. The fraction of sp³-hybridized carbons (Fsp3) is 0.765. The predicted molar refractivity (Wildman–Crippen MR) is 102 cm³/mol. The predicted octanol–water partition coefficient (Wildman–Crippen LogP) is 3.73. The summed E-state index contributed by atoms with van der Waals surface area (Å²) < 4.78 is 37.7. The van der Waals surface area contributed by atoms with Gasteiger partial charge in [-0.05, 0) is 45.8 Å². The Morgan fingerprint density at radius 3 is 2.38 bits per heavy atom. The van der Waals surface area contributed by atoms with Gasteiger partial charge in [0.1, 0.15) is 5.01 Å². The molecule has 9 heteroatoms. The molecule has 0 spiro atoms. The van der Waals surface area contributed by atoms with Crippen LogP contribution in [-0.4, -0.2) is 48.6 Å². The molecule has 0 radical (unpaired) electrons. The molecule has 150 valence electrons. The Labute approximate surface area is 158 Å². The first-order valence-electron chi connectivity index (χ1n) is 9.16. The molecule has 0 saturated carbocycles. The molecular weight excluding hydrogens is 363 g/mol. The number of hydrogen-bond donors (Lipinski definition) is 2. The third kappa shape index (κ3) is 8.84. The van der Waals surface area contributed by atoms with Crippen LogP contribution in [0, 0.1) is 0 Å². The molecule has 0 aliphatic heterocycles. The van der Waals surface area contributed by atoms with E-state index in [1.165, 1.54) is 0 Å². The SMILES string of the molecule is CCCN(CCC)CCCNC(=NCc1nc(C(F)(F)F)cs1)NCC. The van der Waals surface area contributed by atoms with Crippen LogP contribution >= 0.6 is 11.3 Å². The van der Waals surface area contributed by atoms with Crippen molar-refractivity contribution in [3.63, 3.8) is 0 Å². The number of nitrogens with zero attached hydrogens (tertiary/aromatic N) is 3. The average Bonchev–Trinajstić information content (AvgIpc) is 3.06. The molecule has 1 rings (SSSR count). The van der Waals surface area contributed by atoms with Crippen molar-refractivity contribution in [3.05, 3.63) is 16.1 Å². The van der Waals surface area contributed by atoms with E-state index in [2.05, 4.69) is 39.4 Å². The number of thiazole rings is 1. The molecule has 0 saturated heterocycles. The Morgan fingerprint density at radius 2 is 1.85 bits per heavy atom. The molecule has 0 atom stereocenters. The Morgan fingerprint density at radius 1 is 1.15 bits per heavy atom. The van der Waals surface area contributed by atoms with Gasteiger partial charge >= 0.3 is 6.18 Å². The van der Waals surface area contributed by atoms with E-state index in [9.17, 15) is 13.2 Å². The summed E-state index contributed by atoms with van der Waals surface area (Å²) in [7, 11) is 0. The molecular formula is C17H30F3N5S. The van der Waals surface area contributed by atoms with Crippen molar-refractivity contribution in [1.29, 1.82) is 0 Å². The summed E-state index contributed by atoms with van der Waals surface area (Å²) in [6.45, 7) is 11.1. The Balaban J connectivity index is 2.47. The molecule has 0 unspecified atom stereocenters. The van der Waals surface area contributed by atoms with E-state index in [0.29, 0.717) is 17.5 Å². The number of halogens is 3. The van der Waals surface area contributed by atoms with Gasteiger partial charge in [0.25, 0.3) is 0 Å². The largest absolute Gasteiger partial charge is 0.434 e. The third-order valence-electron chi connectivity index (χ3n) is 3.58. The first-order chi connectivity index (χ1) is 12.4. The van der Waals surface area contributed by atoms with E-state index in [-0.39, 0.29) is 6.54 Å². The minimum Gasteiger partial charge on any atom is -0.357 e. The van der Waals surface area contributed by atoms with Gasteiger partial charge in [-0.25, -0.2) is 9.98 Å². The van der Waals surface area contributed by atoms with Gasteiger partial charge in [-0.3, -0.25) is 0 Å². The minimum absolute atomic E-state index is 0.133. The molecule has 0 aromatic carbocycles. The summed E-state index contributed by atoms with van der Waals surface area (Å²) in [6, 6.07) is 0. The summed E-state index contributed by atoms with van der Waals surface area (Å²) in [5, 5.41) is 7.72. The molecule has 0 bridgehead atoms. The van der Waals surface area contributed by atoms with Crippen molar-refractivity contribution in [2.45, 2.75) is 52.8 Å². The molecule has 1 aromatic heterocycles. The van der Waals surface area contributed by atoms with E-state index in [1.807, 2.05) is 6.92 Å². The van der Waals surface area contributed by atoms with Crippen molar-refractivity contribution in [3.8, 4) is 0 Å². The van der Waals surface area contributed by atoms with Crippen LogP contribution in [0.4, 0.5) is 13.2 Å². The topological polar surface area (TPSA) is 52.5 Å². The van der Waals surface area contributed by atoms with Crippen LogP contribution in [0.2, 0.25) is 0 Å². The van der Waals surface area contributed by atoms with Gasteiger partial charge in [-0.15, -0.1) is 11.3 Å². The van der Waals surface area contributed by atoms with Crippen LogP contribution < -0.4 is 10.6 Å². The standard InChI is InChI=1S/C17H30F3N5S/c1-4-9-25(10-5-2)11-7-8-22-16(21-6-3)23-12-15-24-14(13-26-15)17(18,19)20/h13H,4-12H2,1-3H3,(H2,21,22,23).